The Hall–Kier alpha value is -1.94. The van der Waals surface area contributed by atoms with Crippen molar-refractivity contribution in [3.8, 4) is 0 Å². The van der Waals surface area contributed by atoms with Gasteiger partial charge in [-0.25, -0.2) is 0 Å². The molecular formula is C37H52O3. The number of aliphatic hydroxyl groups is 3. The van der Waals surface area contributed by atoms with Crippen LogP contribution in [0.1, 0.15) is 103 Å². The Morgan fingerprint density at radius 1 is 1.10 bits per heavy atom. The quantitative estimate of drug-likeness (QED) is 0.279. The lowest BCUT2D eigenvalue weighted by Crippen LogP contribution is -2.35. The summed E-state index contributed by atoms with van der Waals surface area (Å²) in [6.45, 7) is 11.2. The molecule has 218 valence electrons. The first-order chi connectivity index (χ1) is 19.2. The zero-order valence-electron chi connectivity index (χ0n) is 25.1. The van der Waals surface area contributed by atoms with E-state index in [2.05, 4.69) is 75.9 Å². The number of aliphatic hydroxyl groups excluding tert-OH is 3. The highest BCUT2D eigenvalue weighted by Gasteiger charge is 2.51. The van der Waals surface area contributed by atoms with Crippen molar-refractivity contribution in [2.24, 2.45) is 23.2 Å². The summed E-state index contributed by atoms with van der Waals surface area (Å²) in [5, 5.41) is 31.8. The second-order valence-corrected chi connectivity index (χ2v) is 13.8. The number of allylic oxidation sites excluding steroid dienone is 4. The topological polar surface area (TPSA) is 60.7 Å². The fraction of sp³-hybridized carbons (Fsp3) is 0.622. The molecule has 0 saturated heterocycles. The Morgan fingerprint density at radius 2 is 1.90 bits per heavy atom. The van der Waals surface area contributed by atoms with Crippen molar-refractivity contribution >= 4 is 0 Å². The highest BCUT2D eigenvalue weighted by atomic mass is 16.3. The standard InChI is InChI=1S/C37H52O3/c1-5-6-9-27-10-7-12-30(22-27)37(20-21-37)35(40)18-13-25(2)32-16-17-33-28(11-8-19-36(32,33)4)14-15-29-23-31(38)24-34(39)26(29)3/h7,10,12-15,18,22,25,31-35,38-40H,3,5-6,8-9,11,16-17,19-21,23-24H2,1-2,4H3/b18-13+,28-14+,29-15-/t25-,31-,32-,33+,34+,35+,36-/m1/s1. The van der Waals surface area contributed by atoms with E-state index >= 15 is 0 Å². The van der Waals surface area contributed by atoms with E-state index in [0.29, 0.717) is 30.6 Å². The molecule has 4 saturated carbocycles. The van der Waals surface area contributed by atoms with Crippen molar-refractivity contribution in [1.29, 1.82) is 0 Å². The molecule has 3 nitrogen and oxygen atoms in total. The highest BCUT2D eigenvalue weighted by Crippen LogP contribution is 2.60. The van der Waals surface area contributed by atoms with Crippen molar-refractivity contribution in [2.45, 2.75) is 122 Å². The molecule has 40 heavy (non-hydrogen) atoms. The van der Waals surface area contributed by atoms with Crippen molar-refractivity contribution in [1.82, 2.24) is 0 Å². The van der Waals surface area contributed by atoms with Crippen LogP contribution in [-0.2, 0) is 11.8 Å². The van der Waals surface area contributed by atoms with Gasteiger partial charge in [0.1, 0.15) is 0 Å². The minimum atomic E-state index is -0.636. The number of hydrogen-bond acceptors (Lipinski definition) is 3. The maximum Gasteiger partial charge on any atom is 0.0817 e. The minimum absolute atomic E-state index is 0.0981. The van der Waals surface area contributed by atoms with Gasteiger partial charge in [-0.1, -0.05) is 87.9 Å². The third-order valence-electron chi connectivity index (χ3n) is 11.2. The molecule has 7 atom stereocenters. The molecule has 0 bridgehead atoms. The lowest BCUT2D eigenvalue weighted by molar-refractivity contribution is 0.0862. The van der Waals surface area contributed by atoms with Gasteiger partial charge in [-0.15, -0.1) is 0 Å². The normalized spacial score (nSPS) is 35.3. The molecule has 0 radical (unpaired) electrons. The maximum atomic E-state index is 11.4. The first-order valence-electron chi connectivity index (χ1n) is 16.1. The van der Waals surface area contributed by atoms with E-state index in [4.69, 9.17) is 0 Å². The number of aryl methyl sites for hydroxylation is 1. The second kappa shape index (κ2) is 12.1. The fourth-order valence-electron chi connectivity index (χ4n) is 8.51. The van der Waals surface area contributed by atoms with E-state index in [9.17, 15) is 15.3 Å². The summed E-state index contributed by atoms with van der Waals surface area (Å²) in [6.07, 6.45) is 20.0. The SMILES string of the molecule is C=C1/C(=C\C=C2/CCC[C@]3(C)[C@@H]([C@H](C)/C=C/[C@H](O)C4(c5cccc(CCCC)c5)CC4)CC[C@@H]23)C[C@@H](O)C[C@@H]1O. The molecule has 0 aliphatic heterocycles. The molecular weight excluding hydrogens is 492 g/mol. The number of unbranched alkanes of at least 4 members (excludes halogenated alkanes) is 1. The largest absolute Gasteiger partial charge is 0.393 e. The van der Waals surface area contributed by atoms with Crippen LogP contribution < -0.4 is 0 Å². The van der Waals surface area contributed by atoms with Gasteiger partial charge in [-0.2, -0.15) is 0 Å². The minimum Gasteiger partial charge on any atom is -0.393 e. The summed E-state index contributed by atoms with van der Waals surface area (Å²) in [7, 11) is 0. The van der Waals surface area contributed by atoms with Crippen molar-refractivity contribution < 1.29 is 15.3 Å². The van der Waals surface area contributed by atoms with Crippen LogP contribution >= 0.6 is 0 Å². The average Bonchev–Trinajstić information content (AvgIpc) is 3.68. The number of fused-ring (bicyclic) bond motifs is 1. The number of hydrogen-bond donors (Lipinski definition) is 3. The highest BCUT2D eigenvalue weighted by molar-refractivity contribution is 5.39. The maximum absolute atomic E-state index is 11.4. The van der Waals surface area contributed by atoms with Gasteiger partial charge in [0.25, 0.3) is 0 Å². The molecule has 0 spiro atoms. The van der Waals surface area contributed by atoms with Gasteiger partial charge in [0.2, 0.25) is 0 Å². The summed E-state index contributed by atoms with van der Waals surface area (Å²) in [4.78, 5) is 0. The second-order valence-electron chi connectivity index (χ2n) is 13.8. The third kappa shape index (κ3) is 5.85. The summed E-state index contributed by atoms with van der Waals surface area (Å²) in [5.74, 6) is 1.62. The van der Waals surface area contributed by atoms with Crippen LogP contribution in [0.25, 0.3) is 0 Å². The van der Waals surface area contributed by atoms with Gasteiger partial charge in [-0.3, -0.25) is 0 Å². The summed E-state index contributed by atoms with van der Waals surface area (Å²) >= 11 is 0. The van der Waals surface area contributed by atoms with Gasteiger partial charge in [0.15, 0.2) is 0 Å². The Bertz CT molecular complexity index is 1150. The van der Waals surface area contributed by atoms with Crippen molar-refractivity contribution in [3.63, 3.8) is 0 Å². The van der Waals surface area contributed by atoms with Crippen LogP contribution in [0, 0.1) is 23.2 Å². The Labute approximate surface area is 242 Å². The predicted octanol–water partition coefficient (Wildman–Crippen LogP) is 7.76. The molecule has 3 N–H and O–H groups in total. The first-order valence-corrected chi connectivity index (χ1v) is 16.1. The van der Waals surface area contributed by atoms with Gasteiger partial charge >= 0.3 is 0 Å². The molecule has 0 amide bonds. The smallest absolute Gasteiger partial charge is 0.0817 e. The lowest BCUT2D eigenvalue weighted by atomic mass is 9.61. The number of benzene rings is 1. The Kier molecular flexibility index (Phi) is 8.95. The molecule has 0 aromatic heterocycles. The average molecular weight is 545 g/mol. The van der Waals surface area contributed by atoms with Crippen LogP contribution in [0.3, 0.4) is 0 Å². The number of rotatable bonds is 9. The van der Waals surface area contributed by atoms with E-state index in [-0.39, 0.29) is 10.8 Å². The fourth-order valence-corrected chi connectivity index (χ4v) is 8.51. The van der Waals surface area contributed by atoms with Crippen LogP contribution in [0.15, 0.2) is 71.9 Å². The predicted molar refractivity (Wildman–Crippen MR) is 165 cm³/mol. The summed E-state index contributed by atoms with van der Waals surface area (Å²) in [6, 6.07) is 8.98. The Morgan fingerprint density at radius 3 is 2.65 bits per heavy atom. The van der Waals surface area contributed by atoms with Crippen LogP contribution in [-0.4, -0.2) is 33.6 Å². The molecule has 5 rings (SSSR count). The van der Waals surface area contributed by atoms with Crippen LogP contribution in [0.4, 0.5) is 0 Å². The van der Waals surface area contributed by atoms with E-state index in [1.54, 1.807) is 0 Å². The zero-order chi connectivity index (χ0) is 28.5. The van der Waals surface area contributed by atoms with Crippen molar-refractivity contribution in [2.75, 3.05) is 0 Å². The van der Waals surface area contributed by atoms with Gasteiger partial charge in [0.05, 0.1) is 18.3 Å². The summed E-state index contributed by atoms with van der Waals surface area (Å²) in [5.41, 5.74) is 6.18. The van der Waals surface area contributed by atoms with Gasteiger partial charge < -0.3 is 15.3 Å². The molecule has 1 aromatic carbocycles. The van der Waals surface area contributed by atoms with E-state index in [1.165, 1.54) is 55.2 Å². The first kappa shape index (κ1) is 29.5. The van der Waals surface area contributed by atoms with E-state index in [1.807, 2.05) is 0 Å². The molecule has 4 aliphatic rings. The lowest BCUT2D eigenvalue weighted by Gasteiger charge is -2.44. The van der Waals surface area contributed by atoms with Gasteiger partial charge in [0, 0.05) is 11.8 Å². The molecule has 0 heterocycles. The van der Waals surface area contributed by atoms with Crippen LogP contribution in [0.2, 0.25) is 0 Å². The van der Waals surface area contributed by atoms with Crippen molar-refractivity contribution in [3.05, 3.63) is 83.0 Å². The molecule has 3 heteroatoms. The monoisotopic (exact) mass is 544 g/mol. The van der Waals surface area contributed by atoms with Crippen LogP contribution in [0.5, 0.6) is 0 Å². The third-order valence-corrected chi connectivity index (χ3v) is 11.2. The molecule has 4 fully saturated rings. The molecule has 0 unspecified atom stereocenters. The molecule has 1 aromatic rings. The Balaban J connectivity index is 1.27. The molecule has 4 aliphatic carbocycles. The summed E-state index contributed by atoms with van der Waals surface area (Å²) < 4.78 is 0. The zero-order valence-corrected chi connectivity index (χ0v) is 25.1. The van der Waals surface area contributed by atoms with E-state index in [0.717, 1.165) is 36.8 Å². The van der Waals surface area contributed by atoms with E-state index < -0.39 is 18.3 Å². The van der Waals surface area contributed by atoms with Gasteiger partial charge in [-0.05, 0) is 110 Å².